The van der Waals surface area contributed by atoms with Gasteiger partial charge < -0.3 is 15.2 Å². The van der Waals surface area contributed by atoms with Crippen molar-refractivity contribution in [3.8, 4) is 0 Å². The van der Waals surface area contributed by atoms with Crippen LogP contribution in [-0.4, -0.2) is 44.8 Å². The number of aryl methyl sites for hydroxylation is 1. The zero-order chi connectivity index (χ0) is 23.7. The molecule has 1 atom stereocenters. The smallest absolute Gasteiger partial charge is 0.254 e. The van der Waals surface area contributed by atoms with Crippen LogP contribution < -0.4 is 5.32 Å². The molecule has 4 aromatic rings. The van der Waals surface area contributed by atoms with Gasteiger partial charge in [-0.3, -0.25) is 14.6 Å². The Balaban J connectivity index is 1.44. The number of nitrogens with zero attached hydrogens (tertiary/aromatic N) is 3. The van der Waals surface area contributed by atoms with E-state index in [1.165, 1.54) is 0 Å². The molecule has 0 spiro atoms. The molecule has 3 heterocycles. The Labute approximate surface area is 201 Å². The van der Waals surface area contributed by atoms with Crippen molar-refractivity contribution in [2.45, 2.75) is 12.8 Å². The highest BCUT2D eigenvalue weighted by molar-refractivity contribution is 6.31. The van der Waals surface area contributed by atoms with Crippen molar-refractivity contribution in [1.29, 1.82) is 0 Å². The Morgan fingerprint density at radius 2 is 1.94 bits per heavy atom. The van der Waals surface area contributed by atoms with Gasteiger partial charge in [-0.2, -0.15) is 0 Å². The first-order valence-corrected chi connectivity index (χ1v) is 11.3. The predicted molar refractivity (Wildman–Crippen MR) is 132 cm³/mol. The maximum absolute atomic E-state index is 13.5. The van der Waals surface area contributed by atoms with Crippen molar-refractivity contribution in [1.82, 2.24) is 19.9 Å². The number of H-pyrrole nitrogens is 1. The fourth-order valence-corrected chi connectivity index (χ4v) is 4.30. The van der Waals surface area contributed by atoms with Crippen molar-refractivity contribution < 1.29 is 9.59 Å². The van der Waals surface area contributed by atoms with Crippen molar-refractivity contribution in [2.24, 2.45) is 0 Å². The number of amides is 2. The highest BCUT2D eigenvalue weighted by Crippen LogP contribution is 2.28. The van der Waals surface area contributed by atoms with Crippen molar-refractivity contribution in [2.75, 3.05) is 18.4 Å². The van der Waals surface area contributed by atoms with Crippen LogP contribution >= 0.6 is 11.6 Å². The number of anilines is 1. The van der Waals surface area contributed by atoms with Gasteiger partial charge in [0.1, 0.15) is 11.7 Å². The molecule has 0 aliphatic carbocycles. The van der Waals surface area contributed by atoms with Gasteiger partial charge in [-0.05, 0) is 60.5 Å². The summed E-state index contributed by atoms with van der Waals surface area (Å²) in [6.07, 6.45) is 7.27. The van der Waals surface area contributed by atoms with Gasteiger partial charge in [0.25, 0.3) is 5.91 Å². The molecule has 34 heavy (non-hydrogen) atoms. The number of pyridine rings is 1. The molecule has 170 valence electrons. The van der Waals surface area contributed by atoms with E-state index in [9.17, 15) is 9.59 Å². The lowest BCUT2D eigenvalue weighted by molar-refractivity contribution is -0.116. The Bertz CT molecular complexity index is 1410. The first-order chi connectivity index (χ1) is 16.5. The minimum absolute atomic E-state index is 0.0189. The second kappa shape index (κ2) is 9.11. The summed E-state index contributed by atoms with van der Waals surface area (Å²) in [6, 6.07) is 14.3. The summed E-state index contributed by atoms with van der Waals surface area (Å²) < 4.78 is 0. The molecule has 0 saturated heterocycles. The van der Waals surface area contributed by atoms with Crippen LogP contribution in [0.4, 0.5) is 5.69 Å². The minimum atomic E-state index is -0.711. The van der Waals surface area contributed by atoms with E-state index in [0.717, 1.165) is 16.6 Å². The summed E-state index contributed by atoms with van der Waals surface area (Å²) >= 11 is 6.12. The van der Waals surface area contributed by atoms with Crippen LogP contribution in [0.2, 0.25) is 5.02 Å². The molecule has 7 nitrogen and oxygen atoms in total. The summed E-state index contributed by atoms with van der Waals surface area (Å²) in [4.78, 5) is 40.1. The van der Waals surface area contributed by atoms with Gasteiger partial charge in [0.05, 0.1) is 11.0 Å². The molecule has 8 heteroatoms. The third kappa shape index (κ3) is 4.30. The van der Waals surface area contributed by atoms with Crippen LogP contribution in [0.1, 0.15) is 33.2 Å². The third-order valence-corrected chi connectivity index (χ3v) is 6.08. The summed E-state index contributed by atoms with van der Waals surface area (Å²) in [5.41, 5.74) is 4.20. The van der Waals surface area contributed by atoms with Crippen LogP contribution in [0.25, 0.3) is 11.0 Å². The van der Waals surface area contributed by atoms with Crippen LogP contribution in [0.3, 0.4) is 0 Å². The lowest BCUT2D eigenvalue weighted by Gasteiger charge is -2.18. The number of carbonyl (C=O) groups excluding carboxylic acids is 2. The Kier molecular flexibility index (Phi) is 5.86. The molecule has 0 saturated carbocycles. The number of nitrogens with one attached hydrogen (secondary N) is 2. The molecule has 0 fully saturated rings. The number of halogens is 1. The largest absolute Gasteiger partial charge is 0.341 e. The van der Waals surface area contributed by atoms with E-state index >= 15 is 0 Å². The van der Waals surface area contributed by atoms with Gasteiger partial charge in [-0.25, -0.2) is 4.98 Å². The summed E-state index contributed by atoms with van der Waals surface area (Å²) in [5.74, 6) is -0.500. The number of benzene rings is 2. The fraction of sp³-hybridized carbons (Fsp3) is 0.154. The van der Waals surface area contributed by atoms with E-state index in [4.69, 9.17) is 11.6 Å². The average Bonchev–Trinajstić information content (AvgIpc) is 3.49. The van der Waals surface area contributed by atoms with Crippen LogP contribution in [0.5, 0.6) is 0 Å². The number of hydrogen-bond acceptors (Lipinski definition) is 4. The van der Waals surface area contributed by atoms with Gasteiger partial charge in [-0.15, -0.1) is 0 Å². The quantitative estimate of drug-likeness (QED) is 0.413. The highest BCUT2D eigenvalue weighted by Gasteiger charge is 2.27. The SMILES string of the molecule is Cc1cc(NC(=O)C(c2cccnc2)c2nc3ccc(Cl)cc3[nH]2)ccc1C(=O)N1CC=CC1. The molecule has 1 aliphatic heterocycles. The maximum Gasteiger partial charge on any atom is 0.254 e. The van der Waals surface area contributed by atoms with Gasteiger partial charge >= 0.3 is 0 Å². The lowest BCUT2D eigenvalue weighted by Crippen LogP contribution is -2.29. The maximum atomic E-state index is 13.5. The first-order valence-electron chi connectivity index (χ1n) is 10.9. The molecular weight excluding hydrogens is 450 g/mol. The predicted octanol–water partition coefficient (Wildman–Crippen LogP) is 4.70. The number of fused-ring (bicyclic) bond motifs is 1. The fourth-order valence-electron chi connectivity index (χ4n) is 4.13. The molecule has 1 unspecified atom stereocenters. The van der Waals surface area contributed by atoms with Crippen LogP contribution in [-0.2, 0) is 4.79 Å². The highest BCUT2D eigenvalue weighted by atomic mass is 35.5. The van der Waals surface area contributed by atoms with Gasteiger partial charge in [-0.1, -0.05) is 29.8 Å². The van der Waals surface area contributed by atoms with Crippen molar-refractivity contribution in [3.63, 3.8) is 0 Å². The summed E-state index contributed by atoms with van der Waals surface area (Å²) in [6.45, 7) is 3.10. The molecule has 0 bridgehead atoms. The molecule has 2 aromatic carbocycles. The summed E-state index contributed by atoms with van der Waals surface area (Å²) in [7, 11) is 0. The van der Waals surface area contributed by atoms with E-state index in [1.807, 2.05) is 37.3 Å². The lowest BCUT2D eigenvalue weighted by atomic mass is 9.98. The van der Waals surface area contributed by atoms with Gasteiger partial charge in [0.2, 0.25) is 5.91 Å². The average molecular weight is 472 g/mol. The summed E-state index contributed by atoms with van der Waals surface area (Å²) in [5, 5.41) is 3.56. The van der Waals surface area contributed by atoms with Crippen LogP contribution in [0.15, 0.2) is 73.1 Å². The second-order valence-corrected chi connectivity index (χ2v) is 8.64. The van der Waals surface area contributed by atoms with E-state index < -0.39 is 5.92 Å². The first kappa shape index (κ1) is 21.9. The van der Waals surface area contributed by atoms with E-state index in [2.05, 4.69) is 20.3 Å². The molecular formula is C26H22ClN5O2. The Morgan fingerprint density at radius 3 is 2.68 bits per heavy atom. The number of aromatic amines is 1. The number of aromatic nitrogens is 3. The van der Waals surface area contributed by atoms with Crippen molar-refractivity contribution >= 4 is 40.1 Å². The number of imidazole rings is 1. The van der Waals surface area contributed by atoms with E-state index in [-0.39, 0.29) is 11.8 Å². The van der Waals surface area contributed by atoms with Crippen molar-refractivity contribution in [3.05, 3.63) is 101 Å². The number of carbonyl (C=O) groups is 2. The van der Waals surface area contributed by atoms with Gasteiger partial charge in [0, 0.05) is 41.8 Å². The molecule has 2 N–H and O–H groups in total. The van der Waals surface area contributed by atoms with E-state index in [1.54, 1.807) is 47.6 Å². The monoisotopic (exact) mass is 471 g/mol. The van der Waals surface area contributed by atoms with E-state index in [0.29, 0.717) is 40.8 Å². The standard InChI is InChI=1S/C26H22ClN5O2/c1-16-13-19(7-8-20(16)26(34)32-11-2-3-12-32)29-25(33)23(17-5-4-10-28-15-17)24-30-21-9-6-18(27)14-22(21)31-24/h2-10,13-15,23H,11-12H2,1H3,(H,29,33)(H,30,31). The Morgan fingerprint density at radius 1 is 1.12 bits per heavy atom. The molecule has 0 radical (unpaired) electrons. The Hall–Kier alpha value is -3.97. The van der Waals surface area contributed by atoms with Gasteiger partial charge in [0.15, 0.2) is 0 Å². The molecule has 5 rings (SSSR count). The minimum Gasteiger partial charge on any atom is -0.341 e. The van der Waals surface area contributed by atoms with Crippen LogP contribution in [0, 0.1) is 6.92 Å². The number of hydrogen-bond donors (Lipinski definition) is 2. The molecule has 2 amide bonds. The second-order valence-electron chi connectivity index (χ2n) is 8.20. The zero-order valence-corrected chi connectivity index (χ0v) is 19.2. The molecule has 2 aromatic heterocycles. The number of rotatable bonds is 5. The topological polar surface area (TPSA) is 91.0 Å². The third-order valence-electron chi connectivity index (χ3n) is 5.85. The normalized spacial score (nSPS) is 13.9. The molecule has 1 aliphatic rings. The zero-order valence-electron chi connectivity index (χ0n) is 18.5.